The lowest BCUT2D eigenvalue weighted by atomic mass is 10.3. The highest BCUT2D eigenvalue weighted by Crippen LogP contribution is 2.15. The average molecular weight is 287 g/mol. The van der Waals surface area contributed by atoms with E-state index in [9.17, 15) is 13.2 Å². The van der Waals surface area contributed by atoms with E-state index in [1.807, 2.05) is 6.92 Å². The highest BCUT2D eigenvalue weighted by atomic mass is 32.2. The van der Waals surface area contributed by atoms with Gasteiger partial charge in [-0.3, -0.25) is 4.79 Å². The van der Waals surface area contributed by atoms with Gasteiger partial charge in [0, 0.05) is 6.54 Å². The first-order valence-corrected chi connectivity index (χ1v) is 7.27. The third-order valence-corrected chi connectivity index (χ3v) is 3.77. The van der Waals surface area contributed by atoms with Crippen LogP contribution in [0.25, 0.3) is 0 Å². The molecule has 0 saturated heterocycles. The Morgan fingerprint density at radius 2 is 1.89 bits per heavy atom. The molecule has 1 aromatic rings. The third-order valence-electron chi connectivity index (χ3n) is 2.29. The van der Waals surface area contributed by atoms with Gasteiger partial charge in [-0.2, -0.15) is 0 Å². The van der Waals surface area contributed by atoms with Crippen LogP contribution in [0.15, 0.2) is 29.2 Å². The number of carbonyl (C=O) groups is 1. The number of nitrogens with one attached hydrogen (secondary N) is 1. The van der Waals surface area contributed by atoms with E-state index < -0.39 is 16.0 Å². The molecule has 1 rings (SSSR count). The van der Waals surface area contributed by atoms with E-state index in [0.29, 0.717) is 12.4 Å². The van der Waals surface area contributed by atoms with Crippen molar-refractivity contribution in [3.05, 3.63) is 24.3 Å². The smallest absolute Gasteiger partial charge is 0.306 e. The van der Waals surface area contributed by atoms with Crippen LogP contribution >= 0.6 is 0 Å². The molecule has 0 bridgehead atoms. The maximum absolute atomic E-state index is 11.9. The van der Waals surface area contributed by atoms with E-state index in [4.69, 9.17) is 4.74 Å². The van der Waals surface area contributed by atoms with Crippen LogP contribution in [0, 0.1) is 0 Å². The van der Waals surface area contributed by atoms with Gasteiger partial charge >= 0.3 is 5.97 Å². The number of benzene rings is 1. The van der Waals surface area contributed by atoms with E-state index >= 15 is 0 Å². The monoisotopic (exact) mass is 287 g/mol. The molecule has 0 fully saturated rings. The van der Waals surface area contributed by atoms with Crippen LogP contribution in [0.4, 0.5) is 0 Å². The summed E-state index contributed by atoms with van der Waals surface area (Å²) in [5.41, 5.74) is 0. The molecule has 6 nitrogen and oxygen atoms in total. The molecule has 0 heterocycles. The van der Waals surface area contributed by atoms with Crippen LogP contribution in [0.5, 0.6) is 5.75 Å². The Kier molecular flexibility index (Phi) is 5.78. The Hall–Kier alpha value is -1.60. The van der Waals surface area contributed by atoms with Crippen molar-refractivity contribution in [3.8, 4) is 5.75 Å². The number of hydrogen-bond donors (Lipinski definition) is 1. The van der Waals surface area contributed by atoms with Gasteiger partial charge in [0.05, 0.1) is 25.0 Å². The standard InChI is InChI=1S/C12H17NO5S/c1-3-18-10-4-6-11(7-5-10)19(15,16)13-9-8-12(14)17-2/h4-7,13H,3,8-9H2,1-2H3. The van der Waals surface area contributed by atoms with Crippen LogP contribution in [0.1, 0.15) is 13.3 Å². The van der Waals surface area contributed by atoms with Crippen molar-refractivity contribution in [2.45, 2.75) is 18.2 Å². The fraction of sp³-hybridized carbons (Fsp3) is 0.417. The lowest BCUT2D eigenvalue weighted by Crippen LogP contribution is -2.26. The van der Waals surface area contributed by atoms with Gasteiger partial charge in [-0.25, -0.2) is 13.1 Å². The van der Waals surface area contributed by atoms with Gasteiger partial charge in [0.2, 0.25) is 10.0 Å². The van der Waals surface area contributed by atoms with Gasteiger partial charge in [-0.1, -0.05) is 0 Å². The van der Waals surface area contributed by atoms with Crippen molar-refractivity contribution < 1.29 is 22.7 Å². The van der Waals surface area contributed by atoms with Crippen LogP contribution < -0.4 is 9.46 Å². The van der Waals surface area contributed by atoms with E-state index in [2.05, 4.69) is 9.46 Å². The van der Waals surface area contributed by atoms with Gasteiger partial charge in [0.1, 0.15) is 5.75 Å². The maximum atomic E-state index is 11.9. The fourth-order valence-electron chi connectivity index (χ4n) is 1.35. The molecule has 7 heteroatoms. The summed E-state index contributed by atoms with van der Waals surface area (Å²) in [4.78, 5) is 11.0. The van der Waals surface area contributed by atoms with Gasteiger partial charge in [-0.05, 0) is 31.2 Å². The fourth-order valence-corrected chi connectivity index (χ4v) is 2.39. The van der Waals surface area contributed by atoms with Crippen molar-refractivity contribution in [2.75, 3.05) is 20.3 Å². The summed E-state index contributed by atoms with van der Waals surface area (Å²) in [6, 6.07) is 6.06. The predicted octanol–water partition coefficient (Wildman–Crippen LogP) is 0.927. The first kappa shape index (κ1) is 15.5. The van der Waals surface area contributed by atoms with Crippen LogP contribution in [0.2, 0.25) is 0 Å². The summed E-state index contributed by atoms with van der Waals surface area (Å²) >= 11 is 0. The molecule has 106 valence electrons. The van der Waals surface area contributed by atoms with E-state index in [1.165, 1.54) is 19.2 Å². The highest BCUT2D eigenvalue weighted by molar-refractivity contribution is 7.89. The summed E-state index contributed by atoms with van der Waals surface area (Å²) in [6.07, 6.45) is -0.00718. The van der Waals surface area contributed by atoms with E-state index in [-0.39, 0.29) is 17.9 Å². The minimum Gasteiger partial charge on any atom is -0.494 e. The van der Waals surface area contributed by atoms with Crippen molar-refractivity contribution >= 4 is 16.0 Å². The Morgan fingerprint density at radius 3 is 2.42 bits per heavy atom. The molecular formula is C12H17NO5S. The van der Waals surface area contributed by atoms with Gasteiger partial charge in [0.25, 0.3) is 0 Å². The molecule has 0 aromatic heterocycles. The number of carbonyl (C=O) groups excluding carboxylic acids is 1. The molecule has 0 aliphatic heterocycles. The van der Waals surface area contributed by atoms with Crippen molar-refractivity contribution in [1.82, 2.24) is 4.72 Å². The molecule has 0 radical (unpaired) electrons. The van der Waals surface area contributed by atoms with E-state index in [0.717, 1.165) is 0 Å². The Morgan fingerprint density at radius 1 is 1.26 bits per heavy atom. The molecule has 0 aliphatic rings. The molecule has 0 aliphatic carbocycles. The summed E-state index contributed by atoms with van der Waals surface area (Å²) in [5, 5.41) is 0. The van der Waals surface area contributed by atoms with Crippen molar-refractivity contribution in [1.29, 1.82) is 0 Å². The first-order valence-electron chi connectivity index (χ1n) is 5.79. The number of sulfonamides is 1. The highest BCUT2D eigenvalue weighted by Gasteiger charge is 2.14. The summed E-state index contributed by atoms with van der Waals surface area (Å²) in [5.74, 6) is 0.144. The zero-order chi connectivity index (χ0) is 14.3. The SMILES string of the molecule is CCOc1ccc(S(=O)(=O)NCCC(=O)OC)cc1. The predicted molar refractivity (Wildman–Crippen MR) is 69.4 cm³/mol. The Bertz CT molecular complexity index is 509. The first-order chi connectivity index (χ1) is 8.99. The Balaban J connectivity index is 2.64. The normalized spacial score (nSPS) is 11.1. The molecule has 19 heavy (non-hydrogen) atoms. The summed E-state index contributed by atoms with van der Waals surface area (Å²) in [7, 11) is -2.36. The lowest BCUT2D eigenvalue weighted by Gasteiger charge is -2.07. The number of ether oxygens (including phenoxy) is 2. The second kappa shape index (κ2) is 7.10. The molecular weight excluding hydrogens is 270 g/mol. The van der Waals surface area contributed by atoms with Gasteiger partial charge in [-0.15, -0.1) is 0 Å². The second-order valence-corrected chi connectivity index (χ2v) is 5.40. The van der Waals surface area contributed by atoms with Crippen LogP contribution in [0.3, 0.4) is 0 Å². The quantitative estimate of drug-likeness (QED) is 0.754. The average Bonchev–Trinajstić information content (AvgIpc) is 2.39. The second-order valence-electron chi connectivity index (χ2n) is 3.63. The lowest BCUT2D eigenvalue weighted by molar-refractivity contribution is -0.140. The molecule has 0 amide bonds. The topological polar surface area (TPSA) is 81.7 Å². The number of rotatable bonds is 7. The summed E-state index contributed by atoms with van der Waals surface area (Å²) < 4.78 is 35.7. The molecule has 0 atom stereocenters. The molecule has 0 unspecified atom stereocenters. The molecule has 0 spiro atoms. The maximum Gasteiger partial charge on any atom is 0.306 e. The molecule has 1 aromatic carbocycles. The minimum atomic E-state index is -3.61. The molecule has 1 N–H and O–H groups in total. The Labute approximate surface area is 112 Å². The number of methoxy groups -OCH3 is 1. The van der Waals surface area contributed by atoms with Gasteiger partial charge < -0.3 is 9.47 Å². The van der Waals surface area contributed by atoms with Crippen molar-refractivity contribution in [2.24, 2.45) is 0 Å². The molecule has 0 saturated carbocycles. The number of hydrogen-bond acceptors (Lipinski definition) is 5. The number of esters is 1. The largest absolute Gasteiger partial charge is 0.494 e. The zero-order valence-corrected chi connectivity index (χ0v) is 11.7. The van der Waals surface area contributed by atoms with E-state index in [1.54, 1.807) is 12.1 Å². The van der Waals surface area contributed by atoms with Crippen LogP contribution in [-0.2, 0) is 19.6 Å². The zero-order valence-electron chi connectivity index (χ0n) is 10.9. The van der Waals surface area contributed by atoms with Crippen molar-refractivity contribution in [3.63, 3.8) is 0 Å². The van der Waals surface area contributed by atoms with Crippen LogP contribution in [-0.4, -0.2) is 34.6 Å². The third kappa shape index (κ3) is 4.88. The van der Waals surface area contributed by atoms with Gasteiger partial charge in [0.15, 0.2) is 0 Å². The summed E-state index contributed by atoms with van der Waals surface area (Å²) in [6.45, 7) is 2.37. The minimum absolute atomic E-state index is 0.00220.